The molecular formula is C25H33F3N4O3. The topological polar surface area (TPSA) is 102 Å². The number of hydrogen-bond acceptors (Lipinski definition) is 5. The van der Waals surface area contributed by atoms with Gasteiger partial charge in [-0.15, -0.1) is 0 Å². The van der Waals surface area contributed by atoms with Crippen LogP contribution in [0.4, 0.5) is 18.9 Å². The summed E-state index contributed by atoms with van der Waals surface area (Å²) in [6, 6.07) is 12.8. The lowest BCUT2D eigenvalue weighted by Crippen LogP contribution is -2.37. The van der Waals surface area contributed by atoms with Gasteiger partial charge in [-0.3, -0.25) is 4.79 Å². The molecule has 35 heavy (non-hydrogen) atoms. The summed E-state index contributed by atoms with van der Waals surface area (Å²) in [6.45, 7) is 8.25. The second-order valence-corrected chi connectivity index (χ2v) is 7.49. The highest BCUT2D eigenvalue weighted by molar-refractivity contribution is 5.75. The van der Waals surface area contributed by atoms with Crippen LogP contribution in [0.3, 0.4) is 0 Å². The number of alkyl halides is 3. The molecular weight excluding hydrogens is 461 g/mol. The number of aliphatic carboxylic acids is 1. The lowest BCUT2D eigenvalue weighted by molar-refractivity contribution is -0.697. The highest BCUT2D eigenvalue weighted by Crippen LogP contribution is 2.16. The van der Waals surface area contributed by atoms with E-state index in [1.54, 1.807) is 0 Å². The summed E-state index contributed by atoms with van der Waals surface area (Å²) in [5, 5.41) is 11.6. The van der Waals surface area contributed by atoms with Crippen molar-refractivity contribution in [2.45, 2.75) is 39.4 Å². The van der Waals surface area contributed by atoms with Crippen LogP contribution in [0.1, 0.15) is 37.8 Å². The molecule has 192 valence electrons. The number of carbonyl (C=O) groups is 2. The molecule has 0 bridgehead atoms. The first-order valence-electron chi connectivity index (χ1n) is 11.4. The SMILES string of the molecule is CCN(CC)c1ccc(C=Cc2cc[n+](CCCC(=O)NCCN)cc2)cc1.O=C([O-])C(F)(F)F. The van der Waals surface area contributed by atoms with Crippen molar-refractivity contribution in [3.63, 3.8) is 0 Å². The minimum Gasteiger partial charge on any atom is -0.542 e. The van der Waals surface area contributed by atoms with Crippen molar-refractivity contribution in [1.82, 2.24) is 5.32 Å². The number of benzene rings is 1. The minimum absolute atomic E-state index is 0.0672. The Balaban J connectivity index is 0.000000762. The number of nitrogens with two attached hydrogens (primary N) is 1. The second-order valence-electron chi connectivity index (χ2n) is 7.49. The Morgan fingerprint density at radius 3 is 2.00 bits per heavy atom. The highest BCUT2D eigenvalue weighted by atomic mass is 19.4. The normalized spacial score (nSPS) is 11.0. The van der Waals surface area contributed by atoms with Gasteiger partial charge in [-0.1, -0.05) is 24.3 Å². The van der Waals surface area contributed by atoms with Crippen LogP contribution in [0, 0.1) is 0 Å². The van der Waals surface area contributed by atoms with Gasteiger partial charge < -0.3 is 25.9 Å². The number of carboxylic acids is 1. The summed E-state index contributed by atoms with van der Waals surface area (Å²) in [5.74, 6) is -2.94. The molecule has 1 heterocycles. The summed E-state index contributed by atoms with van der Waals surface area (Å²) >= 11 is 0. The Morgan fingerprint density at radius 1 is 1.03 bits per heavy atom. The first-order chi connectivity index (χ1) is 16.6. The lowest BCUT2D eigenvalue weighted by Gasteiger charge is -2.20. The molecule has 1 aromatic heterocycles. The molecule has 0 saturated carbocycles. The number of nitrogens with one attached hydrogen (secondary N) is 1. The van der Waals surface area contributed by atoms with Gasteiger partial charge in [0.2, 0.25) is 5.91 Å². The van der Waals surface area contributed by atoms with Gasteiger partial charge in [0.1, 0.15) is 12.5 Å². The van der Waals surface area contributed by atoms with E-state index in [4.69, 9.17) is 15.6 Å². The van der Waals surface area contributed by atoms with Crippen LogP contribution in [-0.4, -0.2) is 44.2 Å². The van der Waals surface area contributed by atoms with E-state index in [9.17, 15) is 18.0 Å². The molecule has 0 unspecified atom stereocenters. The Hall–Kier alpha value is -3.40. The van der Waals surface area contributed by atoms with Crippen molar-refractivity contribution in [3.8, 4) is 0 Å². The third kappa shape index (κ3) is 12.0. The monoisotopic (exact) mass is 494 g/mol. The van der Waals surface area contributed by atoms with Crippen molar-refractivity contribution in [2.75, 3.05) is 31.1 Å². The fourth-order valence-corrected chi connectivity index (χ4v) is 3.03. The van der Waals surface area contributed by atoms with Gasteiger partial charge in [0.05, 0.1) is 0 Å². The van der Waals surface area contributed by atoms with Crippen molar-refractivity contribution in [1.29, 1.82) is 0 Å². The molecule has 1 aromatic carbocycles. The molecule has 0 radical (unpaired) electrons. The number of aromatic nitrogens is 1. The molecule has 3 N–H and O–H groups in total. The van der Waals surface area contributed by atoms with Gasteiger partial charge in [-0.25, -0.2) is 4.57 Å². The maximum atomic E-state index is 11.6. The van der Waals surface area contributed by atoms with Crippen molar-refractivity contribution < 1.29 is 32.4 Å². The first-order valence-corrected chi connectivity index (χ1v) is 11.4. The van der Waals surface area contributed by atoms with Gasteiger partial charge in [-0.05, 0) is 37.1 Å². The number of carboxylic acid groups (broad SMARTS) is 1. The zero-order chi connectivity index (χ0) is 26.3. The zero-order valence-corrected chi connectivity index (χ0v) is 20.1. The number of hydrogen-bond donors (Lipinski definition) is 2. The number of pyridine rings is 1. The molecule has 0 saturated heterocycles. The van der Waals surface area contributed by atoms with Crippen LogP contribution >= 0.6 is 0 Å². The fraction of sp³-hybridized carbons (Fsp3) is 0.400. The predicted octanol–water partition coefficient (Wildman–Crippen LogP) is 2.14. The van der Waals surface area contributed by atoms with Gasteiger partial charge in [-0.2, -0.15) is 13.2 Å². The number of carbonyl (C=O) groups excluding carboxylic acids is 2. The Labute approximate surface area is 204 Å². The summed E-state index contributed by atoms with van der Waals surface area (Å²) < 4.78 is 33.7. The lowest BCUT2D eigenvalue weighted by atomic mass is 10.1. The maximum absolute atomic E-state index is 11.6. The van der Waals surface area contributed by atoms with Crippen LogP contribution in [0.25, 0.3) is 12.2 Å². The Morgan fingerprint density at radius 2 is 1.54 bits per heavy atom. The van der Waals surface area contributed by atoms with E-state index in [2.05, 4.69) is 89.6 Å². The van der Waals surface area contributed by atoms with Crippen LogP contribution in [0.15, 0.2) is 48.8 Å². The second kappa shape index (κ2) is 15.5. The number of halogens is 3. The Bertz CT molecular complexity index is 926. The van der Waals surface area contributed by atoms with Gasteiger partial charge in [0.15, 0.2) is 12.4 Å². The molecule has 0 fully saturated rings. The first kappa shape index (κ1) is 29.6. The number of aryl methyl sites for hydroxylation is 1. The summed E-state index contributed by atoms with van der Waals surface area (Å²) in [7, 11) is 0. The van der Waals surface area contributed by atoms with E-state index in [0.717, 1.165) is 31.6 Å². The molecule has 2 rings (SSSR count). The molecule has 0 aliphatic rings. The van der Waals surface area contributed by atoms with E-state index in [0.29, 0.717) is 19.5 Å². The summed E-state index contributed by atoms with van der Waals surface area (Å²) in [6.07, 6.45) is 4.51. The van der Waals surface area contributed by atoms with Crippen molar-refractivity contribution >= 4 is 29.7 Å². The summed E-state index contributed by atoms with van der Waals surface area (Å²) in [5.41, 5.74) is 8.99. The van der Waals surface area contributed by atoms with E-state index < -0.39 is 12.1 Å². The van der Waals surface area contributed by atoms with Crippen molar-refractivity contribution in [2.24, 2.45) is 5.73 Å². The smallest absolute Gasteiger partial charge is 0.430 e. The fourth-order valence-electron chi connectivity index (χ4n) is 3.03. The third-order valence-corrected chi connectivity index (χ3v) is 4.92. The zero-order valence-electron chi connectivity index (χ0n) is 20.1. The van der Waals surface area contributed by atoms with Crippen molar-refractivity contribution in [3.05, 3.63) is 59.9 Å². The van der Waals surface area contributed by atoms with Gasteiger partial charge in [0, 0.05) is 56.8 Å². The standard InChI is InChI=1S/C23H32N4O.C2HF3O2/c1-3-27(4-2)22-11-9-20(10-12-22)7-8-21-13-18-26(19-14-21)17-5-6-23(28)25-16-15-24;3-2(4,5)1(6)7/h7-14,18-19H,3-6,15-17,24H2,1-2H3;(H,6,7). The molecule has 0 aliphatic carbocycles. The number of nitrogens with zero attached hydrogens (tertiary/aromatic N) is 2. The predicted molar refractivity (Wildman–Crippen MR) is 128 cm³/mol. The molecule has 0 atom stereocenters. The number of amides is 1. The van der Waals surface area contributed by atoms with Crippen LogP contribution in [-0.2, 0) is 16.1 Å². The molecule has 0 aliphatic heterocycles. The average molecular weight is 495 g/mol. The van der Waals surface area contributed by atoms with Gasteiger partial charge in [0.25, 0.3) is 0 Å². The minimum atomic E-state index is -5.19. The number of anilines is 1. The molecule has 7 nitrogen and oxygen atoms in total. The van der Waals surface area contributed by atoms with E-state index in [1.807, 2.05) is 0 Å². The number of rotatable bonds is 11. The maximum Gasteiger partial charge on any atom is 0.430 e. The summed E-state index contributed by atoms with van der Waals surface area (Å²) in [4.78, 5) is 22.7. The van der Waals surface area contributed by atoms with Crippen LogP contribution in [0.2, 0.25) is 0 Å². The Kier molecular flexibility index (Phi) is 13.1. The van der Waals surface area contributed by atoms with Crippen LogP contribution in [0.5, 0.6) is 0 Å². The van der Waals surface area contributed by atoms with E-state index in [1.165, 1.54) is 11.3 Å². The third-order valence-electron chi connectivity index (χ3n) is 4.92. The van der Waals surface area contributed by atoms with E-state index in [-0.39, 0.29) is 5.91 Å². The highest BCUT2D eigenvalue weighted by Gasteiger charge is 2.28. The molecule has 10 heteroatoms. The quantitative estimate of drug-likeness (QED) is 0.466. The van der Waals surface area contributed by atoms with E-state index >= 15 is 0 Å². The van der Waals surface area contributed by atoms with Crippen LogP contribution < -0.4 is 25.6 Å². The molecule has 2 aromatic rings. The average Bonchev–Trinajstić information content (AvgIpc) is 2.83. The van der Waals surface area contributed by atoms with Gasteiger partial charge >= 0.3 is 6.18 Å². The molecule has 0 spiro atoms. The largest absolute Gasteiger partial charge is 0.542 e. The molecule has 1 amide bonds.